The highest BCUT2D eigenvalue weighted by atomic mass is 16.7. The predicted octanol–water partition coefficient (Wildman–Crippen LogP) is 1.46. The molecule has 0 radical (unpaired) electrons. The number of hydrogen-bond donors (Lipinski definition) is 3. The Hall–Kier alpha value is -2.54. The number of nitrogens with zero attached hydrogens (tertiary/aromatic N) is 1. The number of hydrazine groups is 1. The molecule has 2 atom stereocenters. The molecule has 0 aromatic heterocycles. The van der Waals surface area contributed by atoms with Crippen molar-refractivity contribution in [3.05, 3.63) is 59.7 Å². The van der Waals surface area contributed by atoms with Crippen molar-refractivity contribution >= 4 is 11.8 Å². The molecule has 4 rings (SSSR count). The summed E-state index contributed by atoms with van der Waals surface area (Å²) in [6, 6.07) is 14.8. The van der Waals surface area contributed by atoms with E-state index in [9.17, 15) is 10.2 Å². The van der Waals surface area contributed by atoms with Gasteiger partial charge in [0.05, 0.1) is 5.69 Å². The van der Waals surface area contributed by atoms with Crippen molar-refractivity contribution in [1.82, 2.24) is 5.43 Å². The van der Waals surface area contributed by atoms with Crippen LogP contribution in [0.5, 0.6) is 11.5 Å². The third-order valence-corrected chi connectivity index (χ3v) is 3.88. The Kier molecular flexibility index (Phi) is 3.42. The van der Waals surface area contributed by atoms with Gasteiger partial charge in [0.1, 0.15) is 6.23 Å². The molecular formula is C17H16N2O4. The van der Waals surface area contributed by atoms with Gasteiger partial charge >= 0.3 is 0 Å². The first-order valence-electron chi connectivity index (χ1n) is 7.30. The van der Waals surface area contributed by atoms with E-state index in [4.69, 9.17) is 9.47 Å². The summed E-state index contributed by atoms with van der Waals surface area (Å²) in [5.41, 5.74) is 4.91. The van der Waals surface area contributed by atoms with E-state index in [1.807, 2.05) is 48.5 Å². The summed E-state index contributed by atoms with van der Waals surface area (Å²) in [7, 11) is 0. The molecule has 1 saturated heterocycles. The zero-order valence-electron chi connectivity index (χ0n) is 12.2. The van der Waals surface area contributed by atoms with Crippen LogP contribution in [-0.2, 0) is 0 Å². The second-order valence-corrected chi connectivity index (χ2v) is 5.37. The molecule has 2 aromatic rings. The van der Waals surface area contributed by atoms with E-state index in [2.05, 4.69) is 5.43 Å². The number of fused-ring (bicyclic) bond motifs is 1. The van der Waals surface area contributed by atoms with Gasteiger partial charge in [-0.05, 0) is 35.9 Å². The van der Waals surface area contributed by atoms with E-state index >= 15 is 0 Å². The fourth-order valence-electron chi connectivity index (χ4n) is 2.72. The van der Waals surface area contributed by atoms with E-state index in [-0.39, 0.29) is 6.79 Å². The monoisotopic (exact) mass is 312 g/mol. The van der Waals surface area contributed by atoms with Crippen molar-refractivity contribution < 1.29 is 19.7 Å². The van der Waals surface area contributed by atoms with E-state index < -0.39 is 12.5 Å². The van der Waals surface area contributed by atoms with Crippen LogP contribution in [0, 0.1) is 0 Å². The normalized spacial score (nSPS) is 24.4. The number of benzene rings is 2. The summed E-state index contributed by atoms with van der Waals surface area (Å²) >= 11 is 0. The van der Waals surface area contributed by atoms with Crippen LogP contribution in [0.1, 0.15) is 5.56 Å². The van der Waals surface area contributed by atoms with Crippen LogP contribution in [0.2, 0.25) is 0 Å². The first-order chi connectivity index (χ1) is 11.2. The third-order valence-electron chi connectivity index (χ3n) is 3.88. The molecule has 2 aliphatic rings. The Morgan fingerprint density at radius 1 is 1.04 bits per heavy atom. The number of nitrogens with one attached hydrogen (secondary N) is 1. The van der Waals surface area contributed by atoms with Gasteiger partial charge in [0.2, 0.25) is 6.79 Å². The molecule has 0 aliphatic carbocycles. The average molecular weight is 312 g/mol. The van der Waals surface area contributed by atoms with E-state index in [0.29, 0.717) is 17.1 Å². The maximum absolute atomic E-state index is 10.5. The topological polar surface area (TPSA) is 74.2 Å². The molecule has 3 N–H and O–H groups in total. The standard InChI is InChI=1S/C17H16N2O4/c20-16-13(8-11-6-7-14-15(9-11)23-10-22-14)17(21)19(18-16)12-4-2-1-3-5-12/h1-9,16-18,20-21H,10H2/b13-8-/t16-,17-/m1/s1. The molecule has 2 aliphatic heterocycles. The lowest BCUT2D eigenvalue weighted by atomic mass is 10.1. The van der Waals surface area contributed by atoms with Gasteiger partial charge in [-0.1, -0.05) is 24.3 Å². The van der Waals surface area contributed by atoms with Crippen molar-refractivity contribution in [3.63, 3.8) is 0 Å². The van der Waals surface area contributed by atoms with Crippen LogP contribution < -0.4 is 19.9 Å². The van der Waals surface area contributed by atoms with Gasteiger partial charge in [-0.2, -0.15) is 5.43 Å². The van der Waals surface area contributed by atoms with Crippen LogP contribution in [0.4, 0.5) is 5.69 Å². The maximum atomic E-state index is 10.5. The third kappa shape index (κ3) is 2.53. The molecule has 23 heavy (non-hydrogen) atoms. The number of aliphatic hydroxyl groups excluding tert-OH is 2. The zero-order chi connectivity index (χ0) is 15.8. The fraction of sp³-hybridized carbons (Fsp3) is 0.176. The molecule has 118 valence electrons. The number of para-hydroxylation sites is 1. The molecule has 2 aromatic carbocycles. The first-order valence-corrected chi connectivity index (χ1v) is 7.30. The summed E-state index contributed by atoms with van der Waals surface area (Å²) in [5, 5.41) is 22.2. The number of aliphatic hydroxyl groups is 2. The minimum Gasteiger partial charge on any atom is -0.454 e. The molecule has 0 saturated carbocycles. The second kappa shape index (κ2) is 5.58. The highest BCUT2D eigenvalue weighted by Gasteiger charge is 2.34. The lowest BCUT2D eigenvalue weighted by Gasteiger charge is -2.21. The molecule has 0 amide bonds. The second-order valence-electron chi connectivity index (χ2n) is 5.37. The lowest BCUT2D eigenvalue weighted by molar-refractivity contribution is 0.174. The van der Waals surface area contributed by atoms with Gasteiger partial charge < -0.3 is 19.7 Å². The van der Waals surface area contributed by atoms with Crippen molar-refractivity contribution in [1.29, 1.82) is 0 Å². The molecular weight excluding hydrogens is 296 g/mol. The SMILES string of the molecule is O[C@@H]1/C(=C\c2ccc3c(c2)OCO3)[C@@H](O)NN1c1ccccc1. The molecule has 0 bridgehead atoms. The van der Waals surface area contributed by atoms with Crippen molar-refractivity contribution in [2.24, 2.45) is 0 Å². The highest BCUT2D eigenvalue weighted by Crippen LogP contribution is 2.34. The maximum Gasteiger partial charge on any atom is 0.231 e. The van der Waals surface area contributed by atoms with Gasteiger partial charge in [-0.3, -0.25) is 5.01 Å². The Labute approximate surface area is 133 Å². The zero-order valence-corrected chi connectivity index (χ0v) is 12.2. The van der Waals surface area contributed by atoms with Crippen LogP contribution >= 0.6 is 0 Å². The first kappa shape index (κ1) is 14.1. The predicted molar refractivity (Wildman–Crippen MR) is 84.6 cm³/mol. The highest BCUT2D eigenvalue weighted by molar-refractivity contribution is 5.62. The summed E-state index contributed by atoms with van der Waals surface area (Å²) in [4.78, 5) is 0. The fourth-order valence-corrected chi connectivity index (χ4v) is 2.72. The minimum atomic E-state index is -0.962. The van der Waals surface area contributed by atoms with Gasteiger partial charge in [-0.25, -0.2) is 0 Å². The molecule has 6 nitrogen and oxygen atoms in total. The number of hydrogen-bond acceptors (Lipinski definition) is 6. The van der Waals surface area contributed by atoms with Crippen LogP contribution in [0.15, 0.2) is 54.1 Å². The van der Waals surface area contributed by atoms with Crippen molar-refractivity contribution in [2.75, 3.05) is 11.8 Å². The van der Waals surface area contributed by atoms with Crippen LogP contribution in [0.25, 0.3) is 6.08 Å². The Morgan fingerprint density at radius 3 is 2.65 bits per heavy atom. The number of ether oxygens (including phenoxy) is 2. The van der Waals surface area contributed by atoms with E-state index in [1.54, 1.807) is 6.08 Å². The van der Waals surface area contributed by atoms with Gasteiger partial charge in [0, 0.05) is 5.57 Å². The quantitative estimate of drug-likeness (QED) is 0.780. The Bertz CT molecular complexity index is 748. The Balaban J connectivity index is 1.63. The summed E-state index contributed by atoms with van der Waals surface area (Å²) in [6.45, 7) is 0.212. The van der Waals surface area contributed by atoms with Crippen LogP contribution in [0.3, 0.4) is 0 Å². The van der Waals surface area contributed by atoms with Gasteiger partial charge in [-0.15, -0.1) is 0 Å². The van der Waals surface area contributed by atoms with Gasteiger partial charge in [0.25, 0.3) is 0 Å². The molecule has 0 unspecified atom stereocenters. The van der Waals surface area contributed by atoms with E-state index in [1.165, 1.54) is 5.01 Å². The summed E-state index contributed by atoms with van der Waals surface area (Å²) in [6.07, 6.45) is -0.179. The summed E-state index contributed by atoms with van der Waals surface area (Å²) in [5.74, 6) is 1.36. The van der Waals surface area contributed by atoms with Crippen molar-refractivity contribution in [3.8, 4) is 11.5 Å². The van der Waals surface area contributed by atoms with Crippen LogP contribution in [-0.4, -0.2) is 29.5 Å². The largest absolute Gasteiger partial charge is 0.454 e. The molecule has 1 fully saturated rings. The smallest absolute Gasteiger partial charge is 0.231 e. The van der Waals surface area contributed by atoms with Gasteiger partial charge in [0.15, 0.2) is 17.7 Å². The molecule has 2 heterocycles. The van der Waals surface area contributed by atoms with E-state index in [0.717, 1.165) is 11.3 Å². The molecule has 0 spiro atoms. The lowest BCUT2D eigenvalue weighted by Crippen LogP contribution is -2.39. The molecule has 6 heteroatoms. The minimum absolute atomic E-state index is 0.212. The Morgan fingerprint density at radius 2 is 1.83 bits per heavy atom. The van der Waals surface area contributed by atoms with Crippen molar-refractivity contribution in [2.45, 2.75) is 12.5 Å². The number of anilines is 1. The summed E-state index contributed by atoms with van der Waals surface area (Å²) < 4.78 is 10.6. The number of rotatable bonds is 2. The average Bonchev–Trinajstić information content (AvgIpc) is 3.15.